The molecule has 0 bridgehead atoms. The van der Waals surface area contributed by atoms with Crippen LogP contribution in [0.3, 0.4) is 0 Å². The van der Waals surface area contributed by atoms with Gasteiger partial charge in [-0.2, -0.15) is 0 Å². The monoisotopic (exact) mass is 325 g/mol. The van der Waals surface area contributed by atoms with E-state index in [2.05, 4.69) is 61.7 Å². The Bertz CT molecular complexity index is 814. The zero-order valence-corrected chi connectivity index (χ0v) is 15.0. The normalized spacial score (nSPS) is 27.2. The van der Waals surface area contributed by atoms with Gasteiger partial charge in [0.2, 0.25) is 5.91 Å². The number of primary amides is 1. The summed E-state index contributed by atoms with van der Waals surface area (Å²) in [6.45, 7) is 7.54. The fourth-order valence-corrected chi connectivity index (χ4v) is 4.81. The lowest BCUT2D eigenvalue weighted by Crippen LogP contribution is -2.50. The molecule has 2 aliphatic rings. The Balaban J connectivity index is 1.89. The summed E-state index contributed by atoms with van der Waals surface area (Å²) in [6.07, 6.45) is 4.28. The maximum absolute atomic E-state index is 11.8. The highest BCUT2D eigenvalue weighted by atomic mass is 16.1. The number of hydrogen-bond donors (Lipinski definition) is 1. The van der Waals surface area contributed by atoms with Gasteiger partial charge in [-0.05, 0) is 57.9 Å². The number of benzene rings is 1. The summed E-state index contributed by atoms with van der Waals surface area (Å²) in [4.78, 5) is 14.1. The second-order valence-electron chi connectivity index (χ2n) is 8.59. The van der Waals surface area contributed by atoms with Crippen LogP contribution in [0.5, 0.6) is 0 Å². The van der Waals surface area contributed by atoms with Crippen LogP contribution in [0.1, 0.15) is 44.2 Å². The van der Waals surface area contributed by atoms with Crippen molar-refractivity contribution in [3.8, 4) is 0 Å². The number of hydrogen-bond acceptors (Lipinski definition) is 2. The first-order valence-electron chi connectivity index (χ1n) is 8.90. The zero-order valence-electron chi connectivity index (χ0n) is 15.0. The van der Waals surface area contributed by atoms with Gasteiger partial charge in [0.1, 0.15) is 0 Å². The Morgan fingerprint density at radius 1 is 1.29 bits per heavy atom. The molecule has 1 fully saturated rings. The number of carbonyl (C=O) groups is 1. The second-order valence-corrected chi connectivity index (χ2v) is 8.59. The van der Waals surface area contributed by atoms with Gasteiger partial charge in [0.25, 0.3) is 0 Å². The SMILES string of the molecule is CN1CC(C(N)=O)C[C@@H]2c3cccc4c3c(cn4C(C)(C)C)C[C@H]21. The number of likely N-dealkylation sites (tertiary alicyclic amines) is 1. The molecule has 4 heteroatoms. The van der Waals surface area contributed by atoms with Crippen LogP contribution in [0, 0.1) is 5.92 Å². The van der Waals surface area contributed by atoms with Crippen molar-refractivity contribution < 1.29 is 4.79 Å². The second kappa shape index (κ2) is 5.09. The quantitative estimate of drug-likeness (QED) is 0.876. The number of fused-ring (bicyclic) bond motifs is 2. The minimum atomic E-state index is -0.162. The molecule has 3 atom stereocenters. The lowest BCUT2D eigenvalue weighted by atomic mass is 9.72. The summed E-state index contributed by atoms with van der Waals surface area (Å²) < 4.78 is 2.41. The van der Waals surface area contributed by atoms with Crippen molar-refractivity contribution in [2.45, 2.75) is 51.1 Å². The smallest absolute Gasteiger partial charge is 0.221 e. The van der Waals surface area contributed by atoms with Gasteiger partial charge >= 0.3 is 0 Å². The third-order valence-corrected chi connectivity index (χ3v) is 5.97. The van der Waals surface area contributed by atoms with Crippen LogP contribution >= 0.6 is 0 Å². The van der Waals surface area contributed by atoms with E-state index in [1.165, 1.54) is 22.0 Å². The maximum atomic E-state index is 11.8. The molecule has 24 heavy (non-hydrogen) atoms. The van der Waals surface area contributed by atoms with Crippen molar-refractivity contribution in [2.24, 2.45) is 11.7 Å². The van der Waals surface area contributed by atoms with Gasteiger partial charge in [-0.15, -0.1) is 0 Å². The van der Waals surface area contributed by atoms with Crippen LogP contribution in [-0.4, -0.2) is 35.0 Å². The molecule has 1 saturated heterocycles. The van der Waals surface area contributed by atoms with Gasteiger partial charge < -0.3 is 15.2 Å². The maximum Gasteiger partial charge on any atom is 0.221 e. The first-order chi connectivity index (χ1) is 11.3. The molecular formula is C20H27N3O. The average molecular weight is 325 g/mol. The van der Waals surface area contributed by atoms with E-state index in [1.54, 1.807) is 0 Å². The average Bonchev–Trinajstić information content (AvgIpc) is 2.88. The largest absolute Gasteiger partial charge is 0.369 e. The van der Waals surface area contributed by atoms with Gasteiger partial charge in [0, 0.05) is 41.1 Å². The first kappa shape index (κ1) is 15.7. The van der Waals surface area contributed by atoms with E-state index < -0.39 is 0 Å². The van der Waals surface area contributed by atoms with Crippen molar-refractivity contribution in [1.29, 1.82) is 0 Å². The van der Waals surface area contributed by atoms with Gasteiger partial charge in [0.15, 0.2) is 0 Å². The summed E-state index contributed by atoms with van der Waals surface area (Å²) in [6, 6.07) is 7.12. The van der Waals surface area contributed by atoms with E-state index in [1.807, 2.05) is 0 Å². The molecule has 0 radical (unpaired) electrons. The molecule has 4 nitrogen and oxygen atoms in total. The van der Waals surface area contributed by atoms with E-state index in [9.17, 15) is 4.79 Å². The van der Waals surface area contributed by atoms with E-state index in [0.29, 0.717) is 12.0 Å². The molecular weight excluding hydrogens is 298 g/mol. The summed E-state index contributed by atoms with van der Waals surface area (Å²) >= 11 is 0. The highest BCUT2D eigenvalue weighted by molar-refractivity contribution is 5.89. The van der Waals surface area contributed by atoms with Crippen LogP contribution in [0.4, 0.5) is 0 Å². The summed E-state index contributed by atoms with van der Waals surface area (Å²) in [5.41, 5.74) is 9.86. The molecule has 1 aliphatic heterocycles. The van der Waals surface area contributed by atoms with Crippen LogP contribution < -0.4 is 5.73 Å². The number of likely N-dealkylation sites (N-methyl/N-ethyl adjacent to an activating group) is 1. The molecule has 1 aliphatic carbocycles. The highest BCUT2D eigenvalue weighted by Gasteiger charge is 2.41. The van der Waals surface area contributed by atoms with E-state index in [4.69, 9.17) is 5.73 Å². The van der Waals surface area contributed by atoms with Crippen LogP contribution in [0.15, 0.2) is 24.4 Å². The third-order valence-electron chi connectivity index (χ3n) is 5.97. The molecule has 0 spiro atoms. The third kappa shape index (κ3) is 2.20. The lowest BCUT2D eigenvalue weighted by molar-refractivity contribution is -0.124. The highest BCUT2D eigenvalue weighted by Crippen LogP contribution is 2.45. The molecule has 4 rings (SSSR count). The molecule has 1 unspecified atom stereocenters. The number of piperidine rings is 1. The fraction of sp³-hybridized carbons (Fsp3) is 0.550. The lowest BCUT2D eigenvalue weighted by Gasteiger charge is -2.44. The molecule has 2 heterocycles. The number of nitrogens with zero attached hydrogens (tertiary/aromatic N) is 2. The summed E-state index contributed by atoms with van der Waals surface area (Å²) in [5, 5.41) is 1.41. The Morgan fingerprint density at radius 2 is 2.04 bits per heavy atom. The Hall–Kier alpha value is -1.81. The Morgan fingerprint density at radius 3 is 2.71 bits per heavy atom. The minimum Gasteiger partial charge on any atom is -0.369 e. The van der Waals surface area contributed by atoms with Crippen molar-refractivity contribution in [2.75, 3.05) is 13.6 Å². The van der Waals surface area contributed by atoms with Crippen molar-refractivity contribution in [3.05, 3.63) is 35.5 Å². The number of amides is 1. The summed E-state index contributed by atoms with van der Waals surface area (Å²) in [7, 11) is 2.14. The zero-order chi connectivity index (χ0) is 17.2. The van der Waals surface area contributed by atoms with Crippen LogP contribution in [0.25, 0.3) is 10.9 Å². The van der Waals surface area contributed by atoms with E-state index >= 15 is 0 Å². The number of aromatic nitrogens is 1. The Labute approximate surface area is 143 Å². The standard InChI is InChI=1S/C20H27N3O/c1-20(2,3)23-11-12-9-17-15(8-13(19(21)24)10-22(17)4)14-6-5-7-16(23)18(12)14/h5-7,11,13,15,17H,8-10H2,1-4H3,(H2,21,24)/t13?,15-,17-/m1/s1. The first-order valence-corrected chi connectivity index (χ1v) is 8.90. The van der Waals surface area contributed by atoms with Crippen molar-refractivity contribution in [3.63, 3.8) is 0 Å². The van der Waals surface area contributed by atoms with E-state index in [-0.39, 0.29) is 17.4 Å². The van der Waals surface area contributed by atoms with Crippen LogP contribution in [-0.2, 0) is 16.8 Å². The number of nitrogens with two attached hydrogens (primary N) is 1. The predicted molar refractivity (Wildman–Crippen MR) is 97.1 cm³/mol. The fourth-order valence-electron chi connectivity index (χ4n) is 4.81. The number of rotatable bonds is 1. The molecule has 2 aromatic rings. The Kier molecular flexibility index (Phi) is 3.33. The molecule has 2 N–H and O–H groups in total. The minimum absolute atomic E-state index is 0.0437. The summed E-state index contributed by atoms with van der Waals surface area (Å²) in [5.74, 6) is 0.191. The van der Waals surface area contributed by atoms with Gasteiger partial charge in [0.05, 0.1) is 5.92 Å². The van der Waals surface area contributed by atoms with Crippen LogP contribution in [0.2, 0.25) is 0 Å². The number of carbonyl (C=O) groups excluding carboxylic acids is 1. The molecule has 1 amide bonds. The van der Waals surface area contributed by atoms with Crippen molar-refractivity contribution >= 4 is 16.8 Å². The van der Waals surface area contributed by atoms with E-state index in [0.717, 1.165) is 19.4 Å². The van der Waals surface area contributed by atoms with Crippen molar-refractivity contribution in [1.82, 2.24) is 9.47 Å². The van der Waals surface area contributed by atoms with Gasteiger partial charge in [-0.3, -0.25) is 4.79 Å². The molecule has 128 valence electrons. The van der Waals surface area contributed by atoms with Gasteiger partial charge in [-0.1, -0.05) is 12.1 Å². The molecule has 1 aromatic heterocycles. The predicted octanol–water partition coefficient (Wildman–Crippen LogP) is 2.84. The van der Waals surface area contributed by atoms with Gasteiger partial charge in [-0.25, -0.2) is 0 Å². The molecule has 1 aromatic carbocycles. The molecule has 0 saturated carbocycles. The topological polar surface area (TPSA) is 51.3 Å².